The molecule has 0 amide bonds. The van der Waals surface area contributed by atoms with Crippen molar-refractivity contribution in [2.75, 3.05) is 6.61 Å². The molecule has 0 fully saturated rings. The van der Waals surface area contributed by atoms with Gasteiger partial charge in [0.2, 0.25) is 0 Å². The predicted molar refractivity (Wildman–Crippen MR) is 83.5 cm³/mol. The van der Waals surface area contributed by atoms with Crippen LogP contribution in [0.1, 0.15) is 11.1 Å². The van der Waals surface area contributed by atoms with Crippen molar-refractivity contribution < 1.29 is 17.3 Å². The Bertz CT molecular complexity index is 684. The standard InChI is InChI=1S/C16H19NO4S/c1-13-7-9-15(10-8-13)22(18,19)21-16(17)12-20-11-14-5-3-2-4-6-14/h2-10,16H,11-12,17H2,1H3. The number of aryl methyl sites for hydroxylation is 1. The lowest BCUT2D eigenvalue weighted by atomic mass is 10.2. The predicted octanol–water partition coefficient (Wildman–Crippen LogP) is 2.20. The van der Waals surface area contributed by atoms with Crippen molar-refractivity contribution >= 4 is 10.1 Å². The van der Waals surface area contributed by atoms with Gasteiger partial charge in [0.15, 0.2) is 0 Å². The minimum absolute atomic E-state index is 0.0139. The van der Waals surface area contributed by atoms with Crippen LogP contribution >= 0.6 is 0 Å². The molecule has 2 aromatic rings. The third-order valence-electron chi connectivity index (χ3n) is 2.95. The number of rotatable bonds is 7. The topological polar surface area (TPSA) is 78.6 Å². The summed E-state index contributed by atoms with van der Waals surface area (Å²) in [6.07, 6.45) is -1.05. The Morgan fingerprint density at radius 3 is 2.32 bits per heavy atom. The van der Waals surface area contributed by atoms with Crippen LogP contribution in [0.25, 0.3) is 0 Å². The normalized spacial score (nSPS) is 13.0. The maximum Gasteiger partial charge on any atom is 0.298 e. The highest BCUT2D eigenvalue weighted by molar-refractivity contribution is 7.86. The molecule has 0 aliphatic rings. The molecule has 6 heteroatoms. The molecule has 0 saturated carbocycles. The molecule has 2 aromatic carbocycles. The molecule has 0 spiro atoms. The summed E-state index contributed by atoms with van der Waals surface area (Å²) in [6.45, 7) is 2.21. The lowest BCUT2D eigenvalue weighted by Gasteiger charge is -2.13. The molecule has 22 heavy (non-hydrogen) atoms. The van der Waals surface area contributed by atoms with Gasteiger partial charge in [0, 0.05) is 0 Å². The van der Waals surface area contributed by atoms with Crippen molar-refractivity contribution in [2.45, 2.75) is 24.7 Å². The summed E-state index contributed by atoms with van der Waals surface area (Å²) in [4.78, 5) is 0.0802. The second-order valence-corrected chi connectivity index (χ2v) is 6.47. The molecule has 0 aliphatic carbocycles. The van der Waals surface area contributed by atoms with Crippen LogP contribution < -0.4 is 5.73 Å². The molecular weight excluding hydrogens is 302 g/mol. The van der Waals surface area contributed by atoms with Crippen LogP contribution in [-0.4, -0.2) is 21.3 Å². The van der Waals surface area contributed by atoms with Gasteiger partial charge in [-0.3, -0.25) is 0 Å². The highest BCUT2D eigenvalue weighted by Crippen LogP contribution is 2.14. The van der Waals surface area contributed by atoms with E-state index in [9.17, 15) is 8.42 Å². The van der Waals surface area contributed by atoms with Crippen LogP contribution in [0.15, 0.2) is 59.5 Å². The first kappa shape index (κ1) is 16.6. The number of benzene rings is 2. The Hall–Kier alpha value is -1.73. The number of nitrogens with two attached hydrogens (primary N) is 1. The van der Waals surface area contributed by atoms with Gasteiger partial charge in [-0.25, -0.2) is 4.18 Å². The van der Waals surface area contributed by atoms with E-state index in [2.05, 4.69) is 0 Å². The first-order valence-corrected chi connectivity index (χ1v) is 8.25. The van der Waals surface area contributed by atoms with Gasteiger partial charge < -0.3 is 10.5 Å². The second-order valence-electron chi connectivity index (χ2n) is 4.90. The summed E-state index contributed by atoms with van der Waals surface area (Å²) in [5.41, 5.74) is 7.61. The van der Waals surface area contributed by atoms with Crippen LogP contribution in [0.5, 0.6) is 0 Å². The third kappa shape index (κ3) is 4.92. The van der Waals surface area contributed by atoms with Crippen molar-refractivity contribution in [3.8, 4) is 0 Å². The summed E-state index contributed by atoms with van der Waals surface area (Å²) < 4.78 is 34.4. The van der Waals surface area contributed by atoms with Crippen LogP contribution in [0.2, 0.25) is 0 Å². The average Bonchev–Trinajstić information content (AvgIpc) is 2.48. The molecule has 0 heterocycles. The van der Waals surface area contributed by atoms with Gasteiger partial charge in [0.1, 0.15) is 6.23 Å². The summed E-state index contributed by atoms with van der Waals surface area (Å²) in [6, 6.07) is 15.9. The Kier molecular flexibility index (Phi) is 5.68. The lowest BCUT2D eigenvalue weighted by molar-refractivity contribution is 0.0470. The zero-order valence-corrected chi connectivity index (χ0v) is 13.1. The van der Waals surface area contributed by atoms with Crippen molar-refractivity contribution in [3.05, 3.63) is 65.7 Å². The molecule has 0 saturated heterocycles. The van der Waals surface area contributed by atoms with Crippen LogP contribution in [0.4, 0.5) is 0 Å². The van der Waals surface area contributed by atoms with Gasteiger partial charge in [-0.2, -0.15) is 8.42 Å². The fourth-order valence-corrected chi connectivity index (χ4v) is 2.78. The smallest absolute Gasteiger partial charge is 0.298 e. The zero-order valence-electron chi connectivity index (χ0n) is 12.3. The summed E-state index contributed by atoms with van der Waals surface area (Å²) in [5.74, 6) is 0. The van der Waals surface area contributed by atoms with Gasteiger partial charge in [-0.05, 0) is 24.6 Å². The molecule has 0 aromatic heterocycles. The summed E-state index contributed by atoms with van der Waals surface area (Å²) in [5, 5.41) is 0. The minimum Gasteiger partial charge on any atom is -0.373 e. The van der Waals surface area contributed by atoms with E-state index in [4.69, 9.17) is 14.7 Å². The molecule has 0 radical (unpaired) electrons. The highest BCUT2D eigenvalue weighted by Gasteiger charge is 2.19. The molecule has 118 valence electrons. The van der Waals surface area contributed by atoms with Gasteiger partial charge >= 0.3 is 0 Å². The van der Waals surface area contributed by atoms with Crippen molar-refractivity contribution in [1.29, 1.82) is 0 Å². The molecule has 2 rings (SSSR count). The maximum atomic E-state index is 12.0. The zero-order chi connectivity index (χ0) is 16.0. The Morgan fingerprint density at radius 2 is 1.68 bits per heavy atom. The van der Waals surface area contributed by atoms with Crippen molar-refractivity contribution in [2.24, 2.45) is 5.73 Å². The Labute approximate surface area is 130 Å². The lowest BCUT2D eigenvalue weighted by Crippen LogP contribution is -2.32. The fourth-order valence-electron chi connectivity index (χ4n) is 1.82. The van der Waals surface area contributed by atoms with Gasteiger partial charge in [-0.1, -0.05) is 48.0 Å². The number of hydrogen-bond acceptors (Lipinski definition) is 5. The Morgan fingerprint density at radius 1 is 1.05 bits per heavy atom. The summed E-state index contributed by atoms with van der Waals surface area (Å²) in [7, 11) is -3.88. The molecule has 1 unspecified atom stereocenters. The summed E-state index contributed by atoms with van der Waals surface area (Å²) >= 11 is 0. The maximum absolute atomic E-state index is 12.0. The SMILES string of the molecule is Cc1ccc(S(=O)(=O)OC(N)COCc2ccccc2)cc1. The van der Waals surface area contributed by atoms with E-state index in [1.165, 1.54) is 12.1 Å². The van der Waals surface area contributed by atoms with E-state index in [1.807, 2.05) is 37.3 Å². The van der Waals surface area contributed by atoms with E-state index in [0.717, 1.165) is 11.1 Å². The van der Waals surface area contributed by atoms with E-state index >= 15 is 0 Å². The first-order valence-electron chi connectivity index (χ1n) is 6.84. The molecular formula is C16H19NO4S. The van der Waals surface area contributed by atoms with Gasteiger partial charge in [0.05, 0.1) is 18.1 Å². The van der Waals surface area contributed by atoms with Crippen LogP contribution in [-0.2, 0) is 25.6 Å². The number of ether oxygens (including phenoxy) is 1. The number of hydrogen-bond donors (Lipinski definition) is 1. The van der Waals surface area contributed by atoms with E-state index in [0.29, 0.717) is 6.61 Å². The molecule has 5 nitrogen and oxygen atoms in total. The van der Waals surface area contributed by atoms with E-state index < -0.39 is 16.3 Å². The van der Waals surface area contributed by atoms with E-state index in [1.54, 1.807) is 12.1 Å². The van der Waals surface area contributed by atoms with Crippen LogP contribution in [0, 0.1) is 6.92 Å². The monoisotopic (exact) mass is 321 g/mol. The highest BCUT2D eigenvalue weighted by atomic mass is 32.2. The quantitative estimate of drug-likeness (QED) is 0.625. The minimum atomic E-state index is -3.88. The van der Waals surface area contributed by atoms with Crippen LogP contribution in [0.3, 0.4) is 0 Å². The van der Waals surface area contributed by atoms with Crippen molar-refractivity contribution in [1.82, 2.24) is 0 Å². The molecule has 0 aliphatic heterocycles. The van der Waals surface area contributed by atoms with Gasteiger partial charge in [0.25, 0.3) is 10.1 Å². The van der Waals surface area contributed by atoms with Gasteiger partial charge in [-0.15, -0.1) is 0 Å². The second kappa shape index (κ2) is 7.51. The first-order chi connectivity index (χ1) is 10.5. The van der Waals surface area contributed by atoms with Crippen molar-refractivity contribution in [3.63, 3.8) is 0 Å². The molecule has 1 atom stereocenters. The molecule has 2 N–H and O–H groups in total. The largest absolute Gasteiger partial charge is 0.373 e. The average molecular weight is 321 g/mol. The van der Waals surface area contributed by atoms with E-state index in [-0.39, 0.29) is 11.5 Å². The molecule has 0 bridgehead atoms. The Balaban J connectivity index is 1.85. The fraction of sp³-hybridized carbons (Fsp3) is 0.250. The third-order valence-corrected chi connectivity index (χ3v) is 4.30.